The lowest BCUT2D eigenvalue weighted by atomic mass is 9.97. The standard InChI is InChI=1S/C19H31N3O5Si/c1-19(2,3)28(4,5)27-18-15(21-22-20)16(24)17(14(11-23)26-18)25-12-13-9-7-6-8-10-13/h6-10,14-18,23-24H,11-12H2,1-5H3/t14?,15?,16-,17-,18?/m1/s1. The van der Waals surface area contributed by atoms with Gasteiger partial charge >= 0.3 is 0 Å². The van der Waals surface area contributed by atoms with Crippen molar-refractivity contribution in [3.63, 3.8) is 0 Å². The van der Waals surface area contributed by atoms with E-state index >= 15 is 0 Å². The molecule has 1 aromatic rings. The first-order chi connectivity index (χ1) is 13.1. The third-order valence-corrected chi connectivity index (χ3v) is 9.94. The van der Waals surface area contributed by atoms with Crippen molar-refractivity contribution >= 4 is 8.32 Å². The van der Waals surface area contributed by atoms with Gasteiger partial charge in [-0.3, -0.25) is 0 Å². The molecule has 8 nitrogen and oxygen atoms in total. The smallest absolute Gasteiger partial charge is 0.195 e. The van der Waals surface area contributed by atoms with Crippen molar-refractivity contribution in [2.75, 3.05) is 6.61 Å². The van der Waals surface area contributed by atoms with Gasteiger partial charge in [-0.2, -0.15) is 0 Å². The second-order valence-corrected chi connectivity index (χ2v) is 13.3. The first-order valence-corrected chi connectivity index (χ1v) is 12.3. The van der Waals surface area contributed by atoms with E-state index in [-0.39, 0.29) is 18.3 Å². The molecule has 0 amide bonds. The van der Waals surface area contributed by atoms with Gasteiger partial charge in [-0.1, -0.05) is 56.2 Å². The number of rotatable bonds is 7. The van der Waals surface area contributed by atoms with Gasteiger partial charge in [-0.15, -0.1) is 0 Å². The van der Waals surface area contributed by atoms with Crippen molar-refractivity contribution in [3.05, 3.63) is 46.3 Å². The van der Waals surface area contributed by atoms with Crippen LogP contribution >= 0.6 is 0 Å². The third kappa shape index (κ3) is 5.33. The van der Waals surface area contributed by atoms with Gasteiger partial charge in [0, 0.05) is 4.91 Å². The van der Waals surface area contributed by atoms with Crippen LogP contribution in [-0.4, -0.2) is 55.8 Å². The van der Waals surface area contributed by atoms with Crippen LogP contribution in [0.1, 0.15) is 26.3 Å². The van der Waals surface area contributed by atoms with Crippen molar-refractivity contribution < 1.29 is 24.1 Å². The summed E-state index contributed by atoms with van der Waals surface area (Å²) in [6.45, 7) is 10.2. The van der Waals surface area contributed by atoms with Gasteiger partial charge in [-0.05, 0) is 29.2 Å². The molecule has 2 rings (SSSR count). The fraction of sp³-hybridized carbons (Fsp3) is 0.684. The molecule has 1 aliphatic heterocycles. The van der Waals surface area contributed by atoms with Crippen LogP contribution in [0.2, 0.25) is 18.1 Å². The van der Waals surface area contributed by atoms with E-state index in [4.69, 9.17) is 19.4 Å². The Morgan fingerprint density at radius 2 is 1.89 bits per heavy atom. The maximum Gasteiger partial charge on any atom is 0.195 e. The zero-order valence-corrected chi connectivity index (χ0v) is 18.1. The number of benzene rings is 1. The van der Waals surface area contributed by atoms with Crippen LogP contribution in [0.25, 0.3) is 10.4 Å². The van der Waals surface area contributed by atoms with E-state index in [2.05, 4.69) is 30.8 Å². The molecule has 1 aliphatic rings. The largest absolute Gasteiger partial charge is 0.394 e. The molecule has 0 aromatic heterocycles. The first-order valence-electron chi connectivity index (χ1n) is 9.42. The van der Waals surface area contributed by atoms with Crippen LogP contribution in [0.15, 0.2) is 35.4 Å². The molecule has 0 radical (unpaired) electrons. The Balaban J connectivity index is 2.20. The molecule has 1 heterocycles. The fourth-order valence-corrected chi connectivity index (χ4v) is 3.90. The lowest BCUT2D eigenvalue weighted by Crippen LogP contribution is -2.61. The Kier molecular flexibility index (Phi) is 7.63. The summed E-state index contributed by atoms with van der Waals surface area (Å²) in [6.07, 6.45) is -3.75. The lowest BCUT2D eigenvalue weighted by Gasteiger charge is -2.46. The van der Waals surface area contributed by atoms with Gasteiger partial charge in [0.1, 0.15) is 18.2 Å². The van der Waals surface area contributed by atoms with Gasteiger partial charge in [0.2, 0.25) is 0 Å². The van der Waals surface area contributed by atoms with E-state index in [0.717, 1.165) is 5.56 Å². The molecule has 156 valence electrons. The minimum absolute atomic E-state index is 0.0996. The monoisotopic (exact) mass is 409 g/mol. The summed E-state index contributed by atoms with van der Waals surface area (Å²) in [7, 11) is -2.27. The first kappa shape index (κ1) is 22.8. The van der Waals surface area contributed by atoms with Crippen LogP contribution < -0.4 is 0 Å². The summed E-state index contributed by atoms with van der Waals surface area (Å²) >= 11 is 0. The normalized spacial score (nSPS) is 28.6. The molecule has 1 aromatic carbocycles. The summed E-state index contributed by atoms with van der Waals surface area (Å²) in [5, 5.41) is 24.3. The summed E-state index contributed by atoms with van der Waals surface area (Å²) < 4.78 is 18.0. The van der Waals surface area contributed by atoms with Crippen molar-refractivity contribution in [1.29, 1.82) is 0 Å². The number of nitrogens with zero attached hydrogens (tertiary/aromatic N) is 3. The van der Waals surface area contributed by atoms with Crippen LogP contribution in [0, 0.1) is 0 Å². The van der Waals surface area contributed by atoms with E-state index in [1.54, 1.807) is 0 Å². The highest BCUT2D eigenvalue weighted by atomic mass is 28.4. The zero-order valence-electron chi connectivity index (χ0n) is 17.1. The Labute approximate surface area is 167 Å². The number of ether oxygens (including phenoxy) is 2. The van der Waals surface area contributed by atoms with Gasteiger partial charge < -0.3 is 24.1 Å². The Bertz CT molecular complexity index is 676. The highest BCUT2D eigenvalue weighted by Crippen LogP contribution is 2.39. The zero-order chi connectivity index (χ0) is 20.9. The highest BCUT2D eigenvalue weighted by molar-refractivity contribution is 6.74. The van der Waals surface area contributed by atoms with Gasteiger partial charge in [0.05, 0.1) is 19.3 Å². The van der Waals surface area contributed by atoms with Crippen LogP contribution in [0.3, 0.4) is 0 Å². The second kappa shape index (κ2) is 9.36. The Morgan fingerprint density at radius 3 is 2.43 bits per heavy atom. The molecule has 0 bridgehead atoms. The third-order valence-electron chi connectivity index (χ3n) is 5.51. The average molecular weight is 410 g/mol. The minimum atomic E-state index is -2.27. The molecule has 2 N–H and O–H groups in total. The van der Waals surface area contributed by atoms with Crippen molar-refractivity contribution in [1.82, 2.24) is 0 Å². The number of aliphatic hydroxyl groups excluding tert-OH is 2. The van der Waals surface area contributed by atoms with Gasteiger partial charge in [0.15, 0.2) is 14.6 Å². The second-order valence-electron chi connectivity index (χ2n) is 8.55. The number of hydrogen-bond donors (Lipinski definition) is 2. The minimum Gasteiger partial charge on any atom is -0.394 e. The topological polar surface area (TPSA) is 117 Å². The van der Waals surface area contributed by atoms with Crippen molar-refractivity contribution in [2.24, 2.45) is 5.11 Å². The number of hydrogen-bond acceptors (Lipinski definition) is 6. The molecular formula is C19H31N3O5Si. The summed E-state index contributed by atoms with van der Waals surface area (Å²) in [4.78, 5) is 2.86. The molecule has 1 fully saturated rings. The summed E-state index contributed by atoms with van der Waals surface area (Å²) in [5.41, 5.74) is 9.91. The van der Waals surface area contributed by atoms with E-state index < -0.39 is 39.0 Å². The fourth-order valence-electron chi connectivity index (χ4n) is 2.77. The van der Waals surface area contributed by atoms with Gasteiger partial charge in [0.25, 0.3) is 0 Å². The van der Waals surface area contributed by atoms with Crippen LogP contribution in [0.4, 0.5) is 0 Å². The predicted molar refractivity (Wildman–Crippen MR) is 108 cm³/mol. The lowest BCUT2D eigenvalue weighted by molar-refractivity contribution is -0.255. The van der Waals surface area contributed by atoms with Crippen molar-refractivity contribution in [2.45, 2.75) is 76.2 Å². The molecule has 0 saturated carbocycles. The quantitative estimate of drug-likeness (QED) is 0.310. The maximum atomic E-state index is 10.9. The molecular weight excluding hydrogens is 378 g/mol. The van der Waals surface area contributed by atoms with E-state index in [1.807, 2.05) is 43.4 Å². The molecule has 0 spiro atoms. The maximum absolute atomic E-state index is 10.9. The summed E-state index contributed by atoms with van der Waals surface area (Å²) in [5.74, 6) is 0. The van der Waals surface area contributed by atoms with E-state index in [0.29, 0.717) is 0 Å². The van der Waals surface area contributed by atoms with Crippen molar-refractivity contribution in [3.8, 4) is 0 Å². The molecule has 1 saturated heterocycles. The van der Waals surface area contributed by atoms with E-state index in [1.165, 1.54) is 0 Å². The Hall–Kier alpha value is -1.45. The van der Waals surface area contributed by atoms with Gasteiger partial charge in [-0.25, -0.2) is 0 Å². The SMILES string of the molecule is CC(C)(C)[Si](C)(C)OC1OC(CO)[C@@H](OCc2ccccc2)[C@H](O)C1N=[N+]=[N-]. The number of aliphatic hydroxyl groups is 2. The van der Waals surface area contributed by atoms with Crippen LogP contribution in [-0.2, 0) is 20.5 Å². The molecule has 5 atom stereocenters. The molecule has 9 heteroatoms. The molecule has 3 unspecified atom stereocenters. The van der Waals surface area contributed by atoms with Crippen LogP contribution in [0.5, 0.6) is 0 Å². The predicted octanol–water partition coefficient (Wildman–Crippen LogP) is 3.35. The Morgan fingerprint density at radius 1 is 1.25 bits per heavy atom. The molecule has 0 aliphatic carbocycles. The summed E-state index contributed by atoms with van der Waals surface area (Å²) in [6, 6.07) is 8.52. The average Bonchev–Trinajstić information content (AvgIpc) is 2.63. The highest BCUT2D eigenvalue weighted by Gasteiger charge is 2.49. The molecule has 28 heavy (non-hydrogen) atoms. The van der Waals surface area contributed by atoms with E-state index in [9.17, 15) is 10.2 Å². The number of azide groups is 1.